The van der Waals surface area contributed by atoms with Gasteiger partial charge in [-0.1, -0.05) is 47.1 Å². The summed E-state index contributed by atoms with van der Waals surface area (Å²) < 4.78 is 0. The summed E-state index contributed by atoms with van der Waals surface area (Å²) in [6.45, 7) is 10.7. The van der Waals surface area contributed by atoms with Gasteiger partial charge in [0, 0.05) is 5.69 Å². The molecule has 0 spiro atoms. The first-order valence-electron chi connectivity index (χ1n) is 8.48. The second-order valence-corrected chi connectivity index (χ2v) is 6.16. The number of nitrogens with one attached hydrogen (secondary N) is 1. The zero-order valence-corrected chi connectivity index (χ0v) is 14.3. The molecule has 1 atom stereocenters. The lowest BCUT2D eigenvalue weighted by Gasteiger charge is -2.25. The Hall–Kier alpha value is -1.31. The molecular formula is C19H31NO. The highest BCUT2D eigenvalue weighted by atomic mass is 16.1. The fraction of sp³-hybridized carbons (Fsp3) is 0.632. The molecular weight excluding hydrogens is 258 g/mol. The third-order valence-electron chi connectivity index (χ3n) is 4.18. The van der Waals surface area contributed by atoms with Crippen LogP contribution in [0.5, 0.6) is 0 Å². The Morgan fingerprint density at radius 3 is 2.57 bits per heavy atom. The molecule has 0 aromatic heterocycles. The standard InChI is InChI=1S/C17H25NO.C2H6/c1-4-13-5-6-14-9-16(7-12(2)3)17(18-11-19)10-15(14)8-13;1-2/h9-13H,4-8H2,1-3H3,(H,18,19);1-2H3. The van der Waals surface area contributed by atoms with Crippen LogP contribution < -0.4 is 5.32 Å². The van der Waals surface area contributed by atoms with E-state index in [2.05, 4.69) is 38.2 Å². The topological polar surface area (TPSA) is 29.1 Å². The minimum absolute atomic E-state index is 0.609. The Bertz CT molecular complexity index is 451. The number of amides is 1. The second-order valence-electron chi connectivity index (χ2n) is 6.16. The Balaban J connectivity index is 0.00000106. The van der Waals surface area contributed by atoms with Gasteiger partial charge in [-0.3, -0.25) is 4.79 Å². The molecule has 0 bridgehead atoms. The molecule has 1 aliphatic carbocycles. The van der Waals surface area contributed by atoms with Gasteiger partial charge in [0.05, 0.1) is 0 Å². The molecule has 2 heteroatoms. The van der Waals surface area contributed by atoms with Gasteiger partial charge in [-0.15, -0.1) is 0 Å². The Kier molecular flexibility index (Phi) is 7.49. The lowest BCUT2D eigenvalue weighted by atomic mass is 9.81. The van der Waals surface area contributed by atoms with Crippen LogP contribution in [0.25, 0.3) is 0 Å². The number of aryl methyl sites for hydroxylation is 1. The van der Waals surface area contributed by atoms with Gasteiger partial charge in [0.2, 0.25) is 6.41 Å². The molecule has 21 heavy (non-hydrogen) atoms. The van der Waals surface area contributed by atoms with E-state index in [1.54, 1.807) is 0 Å². The molecule has 0 aliphatic heterocycles. The van der Waals surface area contributed by atoms with Gasteiger partial charge in [0.25, 0.3) is 0 Å². The highest BCUT2D eigenvalue weighted by Gasteiger charge is 2.19. The molecule has 1 aromatic carbocycles. The maximum Gasteiger partial charge on any atom is 0.211 e. The molecule has 0 fully saturated rings. The van der Waals surface area contributed by atoms with Gasteiger partial charge >= 0.3 is 0 Å². The van der Waals surface area contributed by atoms with Crippen molar-refractivity contribution in [2.24, 2.45) is 11.8 Å². The van der Waals surface area contributed by atoms with Crippen LogP contribution in [0.15, 0.2) is 12.1 Å². The van der Waals surface area contributed by atoms with Crippen LogP contribution in [-0.2, 0) is 24.1 Å². The first-order valence-corrected chi connectivity index (χ1v) is 8.48. The van der Waals surface area contributed by atoms with Gasteiger partial charge in [-0.2, -0.15) is 0 Å². The summed E-state index contributed by atoms with van der Waals surface area (Å²) in [5.41, 5.74) is 5.24. The van der Waals surface area contributed by atoms with Crippen LogP contribution in [0.2, 0.25) is 0 Å². The maximum absolute atomic E-state index is 10.8. The van der Waals surface area contributed by atoms with Crippen LogP contribution in [0.1, 0.15) is 64.2 Å². The number of fused-ring (bicyclic) bond motifs is 1. The largest absolute Gasteiger partial charge is 0.328 e. The third kappa shape index (κ3) is 4.87. The first kappa shape index (κ1) is 17.7. The summed E-state index contributed by atoms with van der Waals surface area (Å²) >= 11 is 0. The average Bonchev–Trinajstić information content (AvgIpc) is 2.49. The quantitative estimate of drug-likeness (QED) is 0.760. The van der Waals surface area contributed by atoms with Crippen LogP contribution in [0.3, 0.4) is 0 Å². The summed E-state index contributed by atoms with van der Waals surface area (Å²) in [5.74, 6) is 1.42. The number of benzene rings is 1. The van der Waals surface area contributed by atoms with Crippen LogP contribution in [0.4, 0.5) is 5.69 Å². The van der Waals surface area contributed by atoms with Crippen LogP contribution in [0, 0.1) is 11.8 Å². The summed E-state index contributed by atoms with van der Waals surface area (Å²) in [6.07, 6.45) is 6.75. The molecule has 0 radical (unpaired) electrons. The minimum Gasteiger partial charge on any atom is -0.328 e. The van der Waals surface area contributed by atoms with Gasteiger partial charge in [0.15, 0.2) is 0 Å². The van der Waals surface area contributed by atoms with E-state index >= 15 is 0 Å². The van der Waals surface area contributed by atoms with E-state index in [1.807, 2.05) is 13.8 Å². The SMILES string of the molecule is CC.CCC1CCc2cc(CC(C)C)c(NC=O)cc2C1. The van der Waals surface area contributed by atoms with Crippen molar-refractivity contribution in [3.8, 4) is 0 Å². The van der Waals surface area contributed by atoms with E-state index in [9.17, 15) is 4.79 Å². The van der Waals surface area contributed by atoms with E-state index in [4.69, 9.17) is 0 Å². The summed E-state index contributed by atoms with van der Waals surface area (Å²) in [7, 11) is 0. The van der Waals surface area contributed by atoms with Crippen molar-refractivity contribution in [2.45, 2.75) is 66.7 Å². The number of anilines is 1. The smallest absolute Gasteiger partial charge is 0.211 e. The van der Waals surface area contributed by atoms with Gasteiger partial charge < -0.3 is 5.32 Å². The molecule has 1 amide bonds. The molecule has 1 N–H and O–H groups in total. The highest BCUT2D eigenvalue weighted by molar-refractivity contribution is 5.74. The number of carbonyl (C=O) groups excluding carboxylic acids is 1. The lowest BCUT2D eigenvalue weighted by Crippen LogP contribution is -2.15. The van der Waals surface area contributed by atoms with E-state index in [-0.39, 0.29) is 0 Å². The van der Waals surface area contributed by atoms with Crippen molar-refractivity contribution < 1.29 is 4.79 Å². The van der Waals surface area contributed by atoms with Crippen LogP contribution in [-0.4, -0.2) is 6.41 Å². The number of carbonyl (C=O) groups is 1. The predicted molar refractivity (Wildman–Crippen MR) is 91.8 cm³/mol. The molecule has 1 unspecified atom stereocenters. The average molecular weight is 289 g/mol. The number of hydrogen-bond donors (Lipinski definition) is 1. The van der Waals surface area contributed by atoms with Crippen molar-refractivity contribution in [2.75, 3.05) is 5.32 Å². The molecule has 0 heterocycles. The Morgan fingerprint density at radius 1 is 1.29 bits per heavy atom. The fourth-order valence-corrected chi connectivity index (χ4v) is 3.09. The van der Waals surface area contributed by atoms with Crippen molar-refractivity contribution in [1.29, 1.82) is 0 Å². The van der Waals surface area contributed by atoms with Crippen LogP contribution >= 0.6 is 0 Å². The lowest BCUT2D eigenvalue weighted by molar-refractivity contribution is -0.105. The van der Waals surface area contributed by atoms with Gasteiger partial charge in [-0.25, -0.2) is 0 Å². The normalized spacial score (nSPS) is 16.8. The van der Waals surface area contributed by atoms with E-state index in [0.29, 0.717) is 5.92 Å². The zero-order valence-electron chi connectivity index (χ0n) is 14.3. The van der Waals surface area contributed by atoms with E-state index < -0.39 is 0 Å². The van der Waals surface area contributed by atoms with Crippen molar-refractivity contribution in [3.05, 3.63) is 28.8 Å². The van der Waals surface area contributed by atoms with Gasteiger partial charge in [-0.05, 0) is 60.3 Å². The molecule has 2 rings (SSSR count). The molecule has 1 aliphatic rings. The van der Waals surface area contributed by atoms with E-state index in [1.165, 1.54) is 42.4 Å². The monoisotopic (exact) mass is 289 g/mol. The summed E-state index contributed by atoms with van der Waals surface area (Å²) in [5, 5.41) is 2.88. The fourth-order valence-electron chi connectivity index (χ4n) is 3.09. The first-order chi connectivity index (χ1) is 10.1. The van der Waals surface area contributed by atoms with Gasteiger partial charge in [0.1, 0.15) is 0 Å². The number of rotatable bonds is 5. The molecule has 118 valence electrons. The van der Waals surface area contributed by atoms with Crippen molar-refractivity contribution >= 4 is 12.1 Å². The zero-order chi connectivity index (χ0) is 15.8. The molecule has 2 nitrogen and oxygen atoms in total. The van der Waals surface area contributed by atoms with Crippen molar-refractivity contribution in [3.63, 3.8) is 0 Å². The third-order valence-corrected chi connectivity index (χ3v) is 4.18. The van der Waals surface area contributed by atoms with Crippen molar-refractivity contribution in [1.82, 2.24) is 0 Å². The molecule has 1 aromatic rings. The Morgan fingerprint density at radius 2 is 2.00 bits per heavy atom. The van der Waals surface area contributed by atoms with E-state index in [0.717, 1.165) is 24.4 Å². The predicted octanol–water partition coefficient (Wildman–Crippen LogP) is 4.99. The minimum atomic E-state index is 0.609. The molecule has 0 saturated heterocycles. The maximum atomic E-state index is 10.8. The summed E-state index contributed by atoms with van der Waals surface area (Å²) in [4.78, 5) is 10.8. The Labute approximate surface area is 130 Å². The summed E-state index contributed by atoms with van der Waals surface area (Å²) in [6, 6.07) is 4.54. The highest BCUT2D eigenvalue weighted by Crippen LogP contribution is 2.32. The molecule has 0 saturated carbocycles. The number of hydrogen-bond acceptors (Lipinski definition) is 1. The second kappa shape index (κ2) is 8.86.